The molecule has 2 aliphatic heterocycles. The van der Waals surface area contributed by atoms with E-state index in [2.05, 4.69) is 17.4 Å². The number of ether oxygens (including phenoxy) is 1. The zero-order valence-electron chi connectivity index (χ0n) is 16.6. The number of rotatable bonds is 3. The second kappa shape index (κ2) is 7.50. The Bertz CT molecular complexity index is 1320. The van der Waals surface area contributed by atoms with E-state index in [0.29, 0.717) is 16.6 Å². The molecule has 0 bridgehead atoms. The summed E-state index contributed by atoms with van der Waals surface area (Å²) in [6.07, 6.45) is -0.519. The van der Waals surface area contributed by atoms with Crippen molar-refractivity contribution in [3.8, 4) is 5.75 Å². The quantitative estimate of drug-likeness (QED) is 0.713. The third kappa shape index (κ3) is 2.93. The van der Waals surface area contributed by atoms with Crippen LogP contribution in [0.2, 0.25) is 0 Å². The van der Waals surface area contributed by atoms with Crippen LogP contribution in [0, 0.1) is 0 Å². The molecule has 3 aromatic rings. The number of nitrogens with zero attached hydrogens (tertiary/aromatic N) is 3. The second-order valence-corrected chi connectivity index (χ2v) is 8.16. The molecule has 2 heterocycles. The summed E-state index contributed by atoms with van der Waals surface area (Å²) in [6, 6.07) is 19.8. The molecule has 6 nitrogen and oxygen atoms in total. The van der Waals surface area contributed by atoms with Crippen LogP contribution in [0.15, 0.2) is 70.8 Å². The molecule has 30 heavy (non-hydrogen) atoms. The van der Waals surface area contributed by atoms with Crippen LogP contribution in [-0.4, -0.2) is 28.9 Å². The highest BCUT2D eigenvalue weighted by molar-refractivity contribution is 8.13. The van der Waals surface area contributed by atoms with Crippen LogP contribution in [0.3, 0.4) is 0 Å². The number of para-hydroxylation sites is 1. The molecule has 0 spiro atoms. The van der Waals surface area contributed by atoms with Gasteiger partial charge in [-0.05, 0) is 28.7 Å². The summed E-state index contributed by atoms with van der Waals surface area (Å²) in [5, 5.41) is 13.7. The number of amides is 1. The number of benzene rings is 3. The fourth-order valence-electron chi connectivity index (χ4n) is 3.94. The van der Waals surface area contributed by atoms with Crippen molar-refractivity contribution in [2.75, 3.05) is 12.9 Å². The number of thioether (sulfide) groups is 1. The van der Waals surface area contributed by atoms with Crippen LogP contribution >= 0.6 is 11.8 Å². The Balaban J connectivity index is 1.83. The van der Waals surface area contributed by atoms with E-state index in [-0.39, 0.29) is 5.91 Å². The fourth-order valence-corrected chi connectivity index (χ4v) is 4.52. The number of hydrogen-bond acceptors (Lipinski definition) is 6. The summed E-state index contributed by atoms with van der Waals surface area (Å²) in [5.74, 6) is 1.35. The molecule has 0 unspecified atom stereocenters. The largest absolute Gasteiger partial charge is 0.496 e. The number of amidine groups is 1. The molecule has 1 amide bonds. The summed E-state index contributed by atoms with van der Waals surface area (Å²) in [4.78, 5) is 18.1. The first-order chi connectivity index (χ1) is 14.7. The maximum Gasteiger partial charge on any atom is 0.276 e. The molecule has 1 N–H and O–H groups in total. The van der Waals surface area contributed by atoms with Crippen LogP contribution < -0.4 is 20.6 Å². The molecule has 0 saturated carbocycles. The molecule has 0 aromatic heterocycles. The standard InChI is InChI=1S/C23H20N4O2S/c1-3-30-23-25-22(28)20-16-10-6-7-11-17(16)24-21(27(20)26-23)19-15-9-5-4-8-14(15)12-13-18(19)29-2/h4-13,21H,3H2,1-2H3,(H,25,26,28)/t21-/m1/s1. The van der Waals surface area contributed by atoms with Gasteiger partial charge in [-0.25, -0.2) is 5.01 Å². The van der Waals surface area contributed by atoms with Crippen LogP contribution in [0.1, 0.15) is 18.7 Å². The van der Waals surface area contributed by atoms with E-state index in [0.717, 1.165) is 32.7 Å². The van der Waals surface area contributed by atoms with Gasteiger partial charge in [0.2, 0.25) is 0 Å². The molecule has 7 heteroatoms. The van der Waals surface area contributed by atoms with E-state index in [9.17, 15) is 4.79 Å². The van der Waals surface area contributed by atoms with E-state index in [1.54, 1.807) is 12.1 Å². The monoisotopic (exact) mass is 416 g/mol. The van der Waals surface area contributed by atoms with Crippen molar-refractivity contribution in [2.24, 2.45) is 10.1 Å². The van der Waals surface area contributed by atoms with E-state index in [1.165, 1.54) is 11.8 Å². The van der Waals surface area contributed by atoms with Gasteiger partial charge in [0.25, 0.3) is 5.91 Å². The SMILES string of the molecule is CCSC1=NN2C(=c3ccccc3=N[C@H]2c2c(OC)ccc3ccccc23)C(=O)N1. The number of fused-ring (bicyclic) bond motifs is 3. The Morgan fingerprint density at radius 1 is 1.10 bits per heavy atom. The van der Waals surface area contributed by atoms with Gasteiger partial charge >= 0.3 is 0 Å². The molecule has 2 aliphatic rings. The van der Waals surface area contributed by atoms with Crippen molar-refractivity contribution >= 4 is 39.3 Å². The van der Waals surface area contributed by atoms with Gasteiger partial charge in [-0.15, -0.1) is 5.10 Å². The lowest BCUT2D eigenvalue weighted by Gasteiger charge is -2.35. The summed E-state index contributed by atoms with van der Waals surface area (Å²) >= 11 is 1.49. The van der Waals surface area contributed by atoms with Gasteiger partial charge < -0.3 is 4.74 Å². The second-order valence-electron chi connectivity index (χ2n) is 6.91. The van der Waals surface area contributed by atoms with Gasteiger partial charge in [0.1, 0.15) is 11.4 Å². The molecule has 150 valence electrons. The van der Waals surface area contributed by atoms with Gasteiger partial charge in [0.05, 0.1) is 12.5 Å². The Labute approximate surface area is 177 Å². The predicted molar refractivity (Wildman–Crippen MR) is 119 cm³/mol. The molecule has 5 rings (SSSR count). The lowest BCUT2D eigenvalue weighted by atomic mass is 9.99. The minimum Gasteiger partial charge on any atom is -0.496 e. The van der Waals surface area contributed by atoms with Crippen molar-refractivity contribution in [3.05, 3.63) is 76.8 Å². The predicted octanol–water partition coefficient (Wildman–Crippen LogP) is 2.74. The van der Waals surface area contributed by atoms with Gasteiger partial charge in [-0.1, -0.05) is 67.2 Å². The Morgan fingerprint density at radius 3 is 2.73 bits per heavy atom. The molecular formula is C23H20N4O2S. The minimum atomic E-state index is -0.519. The zero-order chi connectivity index (χ0) is 20.7. The third-order valence-corrected chi connectivity index (χ3v) is 5.95. The Hall–Kier alpha value is -3.32. The molecular weight excluding hydrogens is 396 g/mol. The average Bonchev–Trinajstić information content (AvgIpc) is 2.78. The first kappa shape index (κ1) is 18.7. The van der Waals surface area contributed by atoms with Crippen LogP contribution in [0.5, 0.6) is 5.75 Å². The number of methoxy groups -OCH3 is 1. The highest BCUT2D eigenvalue weighted by Crippen LogP contribution is 2.39. The van der Waals surface area contributed by atoms with Crippen molar-refractivity contribution in [1.82, 2.24) is 10.3 Å². The maximum absolute atomic E-state index is 13.1. The highest BCUT2D eigenvalue weighted by atomic mass is 32.2. The summed E-state index contributed by atoms with van der Waals surface area (Å²) in [6.45, 7) is 2.03. The lowest BCUT2D eigenvalue weighted by molar-refractivity contribution is -0.116. The van der Waals surface area contributed by atoms with Crippen molar-refractivity contribution < 1.29 is 9.53 Å². The Morgan fingerprint density at radius 2 is 1.90 bits per heavy atom. The molecule has 0 radical (unpaired) electrons. The maximum atomic E-state index is 13.1. The van der Waals surface area contributed by atoms with Gasteiger partial charge in [-0.2, -0.15) is 0 Å². The zero-order valence-corrected chi connectivity index (χ0v) is 17.4. The number of carbonyl (C=O) groups excluding carboxylic acids is 1. The summed E-state index contributed by atoms with van der Waals surface area (Å²) in [5.41, 5.74) is 1.39. The van der Waals surface area contributed by atoms with Crippen LogP contribution in [0.4, 0.5) is 0 Å². The van der Waals surface area contributed by atoms with Crippen LogP contribution in [0.25, 0.3) is 16.5 Å². The van der Waals surface area contributed by atoms with Gasteiger partial charge in [-0.3, -0.25) is 15.1 Å². The third-order valence-electron chi connectivity index (χ3n) is 5.21. The smallest absolute Gasteiger partial charge is 0.276 e. The normalized spacial score (nSPS) is 17.6. The number of carbonyl (C=O) groups is 1. The minimum absolute atomic E-state index is 0.174. The van der Waals surface area contributed by atoms with Gasteiger partial charge in [0.15, 0.2) is 11.3 Å². The lowest BCUT2D eigenvalue weighted by Crippen LogP contribution is -2.50. The first-order valence-corrected chi connectivity index (χ1v) is 10.7. The summed E-state index contributed by atoms with van der Waals surface area (Å²) < 4.78 is 5.73. The van der Waals surface area contributed by atoms with E-state index in [1.807, 2.05) is 55.5 Å². The highest BCUT2D eigenvalue weighted by Gasteiger charge is 2.36. The topological polar surface area (TPSA) is 66.3 Å². The fraction of sp³-hybridized carbons (Fsp3) is 0.174. The first-order valence-electron chi connectivity index (χ1n) is 9.76. The Kier molecular flexibility index (Phi) is 4.67. The molecule has 0 fully saturated rings. The number of nitrogens with one attached hydrogen (secondary N) is 1. The molecule has 0 saturated heterocycles. The average molecular weight is 417 g/mol. The molecule has 0 aliphatic carbocycles. The number of hydrogen-bond donors (Lipinski definition) is 1. The molecule has 1 atom stereocenters. The van der Waals surface area contributed by atoms with E-state index >= 15 is 0 Å². The van der Waals surface area contributed by atoms with Gasteiger partial charge in [0, 0.05) is 10.8 Å². The van der Waals surface area contributed by atoms with E-state index < -0.39 is 6.17 Å². The van der Waals surface area contributed by atoms with E-state index in [4.69, 9.17) is 14.8 Å². The molecule has 3 aromatic carbocycles. The van der Waals surface area contributed by atoms with Crippen LogP contribution in [-0.2, 0) is 4.79 Å². The van der Waals surface area contributed by atoms with Crippen molar-refractivity contribution in [3.63, 3.8) is 0 Å². The number of hydrazone groups is 1. The van der Waals surface area contributed by atoms with Crippen molar-refractivity contribution in [2.45, 2.75) is 13.1 Å². The summed E-state index contributed by atoms with van der Waals surface area (Å²) in [7, 11) is 1.65. The van der Waals surface area contributed by atoms with Crippen molar-refractivity contribution in [1.29, 1.82) is 0 Å².